The number of rotatable bonds is 4. The summed E-state index contributed by atoms with van der Waals surface area (Å²) < 4.78 is 1.87. The number of hydrogen-bond acceptors (Lipinski definition) is 4. The zero-order valence-electron chi connectivity index (χ0n) is 12.4. The summed E-state index contributed by atoms with van der Waals surface area (Å²) in [5.74, 6) is 0. The van der Waals surface area contributed by atoms with Crippen molar-refractivity contribution in [3.05, 3.63) is 16.4 Å². The van der Waals surface area contributed by atoms with Crippen LogP contribution in [-0.2, 0) is 13.6 Å². The number of piperazine rings is 1. The maximum atomic E-state index is 9.12. The van der Waals surface area contributed by atoms with E-state index in [4.69, 9.17) is 16.9 Å². The van der Waals surface area contributed by atoms with Crippen LogP contribution in [0.5, 0.6) is 0 Å². The smallest absolute Gasteiger partial charge is 0.0976 e. The molecule has 0 radical (unpaired) electrons. The monoisotopic (exact) mass is 295 g/mol. The van der Waals surface area contributed by atoms with Gasteiger partial charge in [0.2, 0.25) is 0 Å². The van der Waals surface area contributed by atoms with Gasteiger partial charge in [0.05, 0.1) is 28.5 Å². The summed E-state index contributed by atoms with van der Waals surface area (Å²) in [7, 11) is 1.94. The fraction of sp³-hybridized carbons (Fsp3) is 0.714. The van der Waals surface area contributed by atoms with Gasteiger partial charge in [0.1, 0.15) is 0 Å². The molecule has 5 nitrogen and oxygen atoms in total. The third kappa shape index (κ3) is 3.14. The SMILES string of the molecule is CCC(C#N)N1CCN(Cc2c(Cl)c(C)nn2C)CC1. The normalized spacial score (nSPS) is 18.9. The summed E-state index contributed by atoms with van der Waals surface area (Å²) in [5.41, 5.74) is 1.96. The quantitative estimate of drug-likeness (QED) is 0.850. The molecule has 1 aliphatic rings. The minimum Gasteiger partial charge on any atom is -0.295 e. The molecule has 2 rings (SSSR count). The summed E-state index contributed by atoms with van der Waals surface area (Å²) in [6.45, 7) is 8.66. The molecule has 0 amide bonds. The van der Waals surface area contributed by atoms with Gasteiger partial charge in [-0.25, -0.2) is 0 Å². The topological polar surface area (TPSA) is 48.1 Å². The van der Waals surface area contributed by atoms with Crippen LogP contribution >= 0.6 is 11.6 Å². The highest BCUT2D eigenvalue weighted by molar-refractivity contribution is 6.31. The molecule has 1 fully saturated rings. The molecule has 1 saturated heterocycles. The van der Waals surface area contributed by atoms with Crippen LogP contribution in [0, 0.1) is 18.3 Å². The summed E-state index contributed by atoms with van der Waals surface area (Å²) in [6.07, 6.45) is 0.892. The fourth-order valence-corrected chi connectivity index (χ4v) is 2.95. The lowest BCUT2D eigenvalue weighted by molar-refractivity contribution is 0.106. The van der Waals surface area contributed by atoms with E-state index in [-0.39, 0.29) is 6.04 Å². The van der Waals surface area contributed by atoms with Gasteiger partial charge < -0.3 is 0 Å². The van der Waals surface area contributed by atoms with E-state index >= 15 is 0 Å². The molecule has 0 aliphatic carbocycles. The number of hydrogen-bond donors (Lipinski definition) is 0. The van der Waals surface area contributed by atoms with E-state index in [1.807, 2.05) is 18.7 Å². The van der Waals surface area contributed by atoms with Gasteiger partial charge >= 0.3 is 0 Å². The number of halogens is 1. The molecule has 0 N–H and O–H groups in total. The van der Waals surface area contributed by atoms with Crippen LogP contribution in [0.3, 0.4) is 0 Å². The highest BCUT2D eigenvalue weighted by Crippen LogP contribution is 2.21. The van der Waals surface area contributed by atoms with Gasteiger partial charge in [0.15, 0.2) is 0 Å². The van der Waals surface area contributed by atoms with E-state index in [1.165, 1.54) is 0 Å². The summed E-state index contributed by atoms with van der Waals surface area (Å²) in [4.78, 5) is 4.65. The Bertz CT molecular complexity index is 496. The molecule has 1 aromatic rings. The largest absolute Gasteiger partial charge is 0.295 e. The lowest BCUT2D eigenvalue weighted by atomic mass is 10.2. The van der Waals surface area contributed by atoms with E-state index in [9.17, 15) is 0 Å². The third-order valence-corrected chi connectivity index (χ3v) is 4.51. The van der Waals surface area contributed by atoms with Crippen molar-refractivity contribution in [1.29, 1.82) is 5.26 Å². The average molecular weight is 296 g/mol. The van der Waals surface area contributed by atoms with E-state index < -0.39 is 0 Å². The van der Waals surface area contributed by atoms with Crippen molar-refractivity contribution in [2.75, 3.05) is 26.2 Å². The van der Waals surface area contributed by atoms with Crippen LogP contribution in [0.2, 0.25) is 5.02 Å². The minimum atomic E-state index is 0.0553. The molecule has 20 heavy (non-hydrogen) atoms. The number of aryl methyl sites for hydroxylation is 2. The predicted octanol–water partition coefficient (Wildman–Crippen LogP) is 1.80. The summed E-state index contributed by atoms with van der Waals surface area (Å²) in [5, 5.41) is 14.2. The van der Waals surface area contributed by atoms with Crippen molar-refractivity contribution in [2.45, 2.75) is 32.9 Å². The molecule has 0 bridgehead atoms. The first-order valence-electron chi connectivity index (χ1n) is 7.10. The second-order valence-corrected chi connectivity index (χ2v) is 5.71. The van der Waals surface area contributed by atoms with Crippen molar-refractivity contribution < 1.29 is 0 Å². The predicted molar refractivity (Wildman–Crippen MR) is 79.5 cm³/mol. The Balaban J connectivity index is 1.93. The van der Waals surface area contributed by atoms with Crippen LogP contribution in [0.25, 0.3) is 0 Å². The maximum absolute atomic E-state index is 9.12. The van der Waals surface area contributed by atoms with Crippen LogP contribution in [0.4, 0.5) is 0 Å². The highest BCUT2D eigenvalue weighted by Gasteiger charge is 2.24. The second kappa shape index (κ2) is 6.57. The molecule has 1 aliphatic heterocycles. The first-order valence-corrected chi connectivity index (χ1v) is 7.48. The Morgan fingerprint density at radius 2 is 2.00 bits per heavy atom. The Morgan fingerprint density at radius 3 is 2.45 bits per heavy atom. The zero-order valence-corrected chi connectivity index (χ0v) is 13.2. The molecule has 110 valence electrons. The summed E-state index contributed by atoms with van der Waals surface area (Å²) >= 11 is 6.29. The Hall–Kier alpha value is -1.09. The first-order chi connectivity index (χ1) is 9.56. The van der Waals surface area contributed by atoms with Gasteiger partial charge in [0, 0.05) is 39.8 Å². The van der Waals surface area contributed by atoms with E-state index in [2.05, 4.69) is 27.9 Å². The van der Waals surface area contributed by atoms with Crippen molar-refractivity contribution >= 4 is 11.6 Å². The molecular weight excluding hydrogens is 274 g/mol. The first kappa shape index (κ1) is 15.3. The Labute approximate surface area is 125 Å². The minimum absolute atomic E-state index is 0.0553. The van der Waals surface area contributed by atoms with E-state index in [0.717, 1.165) is 55.6 Å². The van der Waals surface area contributed by atoms with Crippen LogP contribution in [0.1, 0.15) is 24.7 Å². The number of nitrogens with zero attached hydrogens (tertiary/aromatic N) is 5. The van der Waals surface area contributed by atoms with E-state index in [1.54, 1.807) is 0 Å². The molecule has 0 spiro atoms. The standard InChI is InChI=1S/C14H22ClN5/c1-4-12(9-16)20-7-5-19(6-8-20)10-13-14(15)11(2)17-18(13)3/h12H,4-8,10H2,1-3H3. The van der Waals surface area contributed by atoms with Crippen molar-refractivity contribution in [3.63, 3.8) is 0 Å². The molecule has 1 atom stereocenters. The highest BCUT2D eigenvalue weighted by atomic mass is 35.5. The van der Waals surface area contributed by atoms with Gasteiger partial charge in [-0.15, -0.1) is 0 Å². The number of aromatic nitrogens is 2. The van der Waals surface area contributed by atoms with Crippen LogP contribution < -0.4 is 0 Å². The Morgan fingerprint density at radius 1 is 1.35 bits per heavy atom. The molecular formula is C14H22ClN5. The van der Waals surface area contributed by atoms with Gasteiger partial charge in [-0.3, -0.25) is 14.5 Å². The van der Waals surface area contributed by atoms with Crippen molar-refractivity contribution in [2.24, 2.45) is 7.05 Å². The van der Waals surface area contributed by atoms with Crippen LogP contribution in [0.15, 0.2) is 0 Å². The summed E-state index contributed by atoms with van der Waals surface area (Å²) in [6, 6.07) is 2.43. The van der Waals surface area contributed by atoms with Gasteiger partial charge in [-0.05, 0) is 13.3 Å². The van der Waals surface area contributed by atoms with Gasteiger partial charge in [-0.2, -0.15) is 10.4 Å². The lowest BCUT2D eigenvalue weighted by Gasteiger charge is -2.36. The van der Waals surface area contributed by atoms with Crippen LogP contribution in [-0.4, -0.2) is 51.8 Å². The molecule has 6 heteroatoms. The van der Waals surface area contributed by atoms with Gasteiger partial charge in [-0.1, -0.05) is 18.5 Å². The van der Waals surface area contributed by atoms with E-state index in [0.29, 0.717) is 0 Å². The molecule has 2 heterocycles. The van der Waals surface area contributed by atoms with Crippen molar-refractivity contribution in [3.8, 4) is 6.07 Å². The van der Waals surface area contributed by atoms with Crippen molar-refractivity contribution in [1.82, 2.24) is 19.6 Å². The zero-order chi connectivity index (χ0) is 14.7. The second-order valence-electron chi connectivity index (χ2n) is 5.33. The molecule has 1 unspecified atom stereocenters. The number of nitriles is 1. The Kier molecular flexibility index (Phi) is 5.03. The maximum Gasteiger partial charge on any atom is 0.0976 e. The average Bonchev–Trinajstić information content (AvgIpc) is 2.68. The molecule has 1 aromatic heterocycles. The molecule has 0 saturated carbocycles. The fourth-order valence-electron chi connectivity index (χ4n) is 2.73. The molecule has 0 aromatic carbocycles. The van der Waals surface area contributed by atoms with Gasteiger partial charge in [0.25, 0.3) is 0 Å². The third-order valence-electron chi connectivity index (χ3n) is 4.02. The lowest BCUT2D eigenvalue weighted by Crippen LogP contribution is -2.49.